The van der Waals surface area contributed by atoms with Gasteiger partial charge in [-0.25, -0.2) is 4.98 Å². The van der Waals surface area contributed by atoms with Crippen molar-refractivity contribution in [1.29, 1.82) is 0 Å². The van der Waals surface area contributed by atoms with Crippen LogP contribution in [0.1, 0.15) is 19.2 Å². The standard InChI is InChI=1S/C7H12N4O/c1-2-7(12)8-4-3-6-9-5-10-11-6/h5H,2-4H2,1H3,(H,8,12)(H,9,10,11). The highest BCUT2D eigenvalue weighted by Crippen LogP contribution is 1.85. The Morgan fingerprint density at radius 1 is 1.75 bits per heavy atom. The van der Waals surface area contributed by atoms with E-state index in [9.17, 15) is 4.79 Å². The van der Waals surface area contributed by atoms with E-state index in [1.807, 2.05) is 6.92 Å². The SMILES string of the molecule is CCC(=O)NCCc1ncn[nH]1. The molecular formula is C7H12N4O. The molecule has 12 heavy (non-hydrogen) atoms. The molecule has 0 aliphatic carbocycles. The topological polar surface area (TPSA) is 70.7 Å². The number of amides is 1. The second kappa shape index (κ2) is 4.48. The average Bonchev–Trinajstić information content (AvgIpc) is 2.57. The lowest BCUT2D eigenvalue weighted by Gasteiger charge is -1.99. The molecule has 5 heteroatoms. The van der Waals surface area contributed by atoms with Crippen molar-refractivity contribution in [2.24, 2.45) is 0 Å². The zero-order valence-electron chi connectivity index (χ0n) is 7.00. The lowest BCUT2D eigenvalue weighted by molar-refractivity contribution is -0.120. The third-order valence-electron chi connectivity index (χ3n) is 1.47. The Hall–Kier alpha value is -1.39. The first kappa shape index (κ1) is 8.70. The van der Waals surface area contributed by atoms with Gasteiger partial charge in [0.25, 0.3) is 0 Å². The summed E-state index contributed by atoms with van der Waals surface area (Å²) >= 11 is 0. The van der Waals surface area contributed by atoms with Crippen LogP contribution in [0.2, 0.25) is 0 Å². The number of carbonyl (C=O) groups excluding carboxylic acids is 1. The van der Waals surface area contributed by atoms with Crippen molar-refractivity contribution in [3.05, 3.63) is 12.2 Å². The lowest BCUT2D eigenvalue weighted by atomic mass is 10.4. The highest BCUT2D eigenvalue weighted by molar-refractivity contribution is 5.75. The van der Waals surface area contributed by atoms with Crippen LogP contribution in [0.25, 0.3) is 0 Å². The fraction of sp³-hybridized carbons (Fsp3) is 0.571. The predicted molar refractivity (Wildman–Crippen MR) is 43.4 cm³/mol. The van der Waals surface area contributed by atoms with Crippen molar-refractivity contribution in [3.8, 4) is 0 Å². The summed E-state index contributed by atoms with van der Waals surface area (Å²) in [6, 6.07) is 0. The number of aromatic nitrogens is 3. The van der Waals surface area contributed by atoms with E-state index in [1.165, 1.54) is 6.33 Å². The zero-order chi connectivity index (χ0) is 8.81. The van der Waals surface area contributed by atoms with Gasteiger partial charge in [0.05, 0.1) is 0 Å². The molecule has 1 aromatic rings. The van der Waals surface area contributed by atoms with Gasteiger partial charge in [0.1, 0.15) is 12.2 Å². The molecule has 0 spiro atoms. The number of carbonyl (C=O) groups is 1. The number of aromatic amines is 1. The van der Waals surface area contributed by atoms with Crippen LogP contribution < -0.4 is 5.32 Å². The maximum absolute atomic E-state index is 10.8. The van der Waals surface area contributed by atoms with E-state index in [-0.39, 0.29) is 5.91 Å². The summed E-state index contributed by atoms with van der Waals surface area (Å²) in [5.41, 5.74) is 0. The van der Waals surface area contributed by atoms with E-state index in [0.717, 1.165) is 5.82 Å². The van der Waals surface area contributed by atoms with Crippen molar-refractivity contribution in [1.82, 2.24) is 20.5 Å². The number of hydrogen-bond donors (Lipinski definition) is 2. The minimum atomic E-state index is 0.0644. The summed E-state index contributed by atoms with van der Waals surface area (Å²) < 4.78 is 0. The molecule has 0 bridgehead atoms. The Morgan fingerprint density at radius 2 is 2.58 bits per heavy atom. The van der Waals surface area contributed by atoms with E-state index >= 15 is 0 Å². The third-order valence-corrected chi connectivity index (χ3v) is 1.47. The molecule has 0 saturated carbocycles. The van der Waals surface area contributed by atoms with Crippen LogP contribution in [-0.4, -0.2) is 27.6 Å². The fourth-order valence-corrected chi connectivity index (χ4v) is 0.797. The van der Waals surface area contributed by atoms with Gasteiger partial charge in [-0.05, 0) is 0 Å². The number of rotatable bonds is 4. The first-order valence-corrected chi connectivity index (χ1v) is 3.94. The smallest absolute Gasteiger partial charge is 0.219 e. The van der Waals surface area contributed by atoms with Gasteiger partial charge in [0, 0.05) is 19.4 Å². The molecule has 66 valence electrons. The van der Waals surface area contributed by atoms with Gasteiger partial charge in [-0.1, -0.05) is 6.92 Å². The van der Waals surface area contributed by atoms with Gasteiger partial charge in [-0.2, -0.15) is 5.10 Å². The fourth-order valence-electron chi connectivity index (χ4n) is 0.797. The Morgan fingerprint density at radius 3 is 3.17 bits per heavy atom. The lowest BCUT2D eigenvalue weighted by Crippen LogP contribution is -2.24. The number of hydrogen-bond acceptors (Lipinski definition) is 3. The Balaban J connectivity index is 2.15. The maximum atomic E-state index is 10.8. The van der Waals surface area contributed by atoms with Crippen molar-refractivity contribution in [3.63, 3.8) is 0 Å². The first-order chi connectivity index (χ1) is 5.83. The average molecular weight is 168 g/mol. The summed E-state index contributed by atoms with van der Waals surface area (Å²) in [6.45, 7) is 2.44. The molecular weight excluding hydrogens is 156 g/mol. The minimum Gasteiger partial charge on any atom is -0.356 e. The second-order valence-electron chi connectivity index (χ2n) is 2.39. The third kappa shape index (κ3) is 2.69. The Labute approximate surface area is 70.6 Å². The van der Waals surface area contributed by atoms with E-state index in [1.54, 1.807) is 0 Å². The van der Waals surface area contributed by atoms with E-state index in [4.69, 9.17) is 0 Å². The van der Waals surface area contributed by atoms with Crippen LogP contribution in [0.5, 0.6) is 0 Å². The molecule has 0 radical (unpaired) electrons. The number of nitrogens with one attached hydrogen (secondary N) is 2. The van der Waals surface area contributed by atoms with Gasteiger partial charge in [-0.15, -0.1) is 0 Å². The first-order valence-electron chi connectivity index (χ1n) is 3.94. The summed E-state index contributed by atoms with van der Waals surface area (Å²) in [7, 11) is 0. The van der Waals surface area contributed by atoms with Gasteiger partial charge in [0.15, 0.2) is 0 Å². The van der Waals surface area contributed by atoms with Crippen molar-refractivity contribution in [2.45, 2.75) is 19.8 Å². The molecule has 1 amide bonds. The predicted octanol–water partition coefficient (Wildman–Crippen LogP) is -0.127. The van der Waals surface area contributed by atoms with Gasteiger partial charge in [-0.3, -0.25) is 9.89 Å². The van der Waals surface area contributed by atoms with Crippen LogP contribution in [0.15, 0.2) is 6.33 Å². The molecule has 0 atom stereocenters. The molecule has 0 aliphatic rings. The molecule has 0 unspecified atom stereocenters. The molecule has 0 saturated heterocycles. The van der Waals surface area contributed by atoms with Gasteiger partial charge in [0.2, 0.25) is 5.91 Å². The van der Waals surface area contributed by atoms with Crippen LogP contribution >= 0.6 is 0 Å². The zero-order valence-corrected chi connectivity index (χ0v) is 7.00. The molecule has 0 fully saturated rings. The van der Waals surface area contributed by atoms with E-state index < -0.39 is 0 Å². The van der Waals surface area contributed by atoms with Crippen molar-refractivity contribution >= 4 is 5.91 Å². The second-order valence-corrected chi connectivity index (χ2v) is 2.39. The molecule has 1 heterocycles. The van der Waals surface area contributed by atoms with Gasteiger partial charge >= 0.3 is 0 Å². The summed E-state index contributed by atoms with van der Waals surface area (Å²) in [6.07, 6.45) is 2.68. The van der Waals surface area contributed by atoms with Crippen LogP contribution in [0, 0.1) is 0 Å². The van der Waals surface area contributed by atoms with E-state index in [2.05, 4.69) is 20.5 Å². The number of nitrogens with zero attached hydrogens (tertiary/aromatic N) is 2. The monoisotopic (exact) mass is 168 g/mol. The molecule has 0 aromatic carbocycles. The molecule has 5 nitrogen and oxygen atoms in total. The van der Waals surface area contributed by atoms with Crippen LogP contribution in [0.4, 0.5) is 0 Å². The van der Waals surface area contributed by atoms with Crippen molar-refractivity contribution < 1.29 is 4.79 Å². The Bertz CT molecular complexity index is 232. The number of H-pyrrole nitrogens is 1. The summed E-state index contributed by atoms with van der Waals surface area (Å²) in [5.74, 6) is 0.862. The van der Waals surface area contributed by atoms with E-state index in [0.29, 0.717) is 19.4 Å². The molecule has 1 rings (SSSR count). The minimum absolute atomic E-state index is 0.0644. The van der Waals surface area contributed by atoms with Gasteiger partial charge < -0.3 is 5.32 Å². The maximum Gasteiger partial charge on any atom is 0.219 e. The van der Waals surface area contributed by atoms with Crippen LogP contribution in [0.3, 0.4) is 0 Å². The van der Waals surface area contributed by atoms with Crippen molar-refractivity contribution in [2.75, 3.05) is 6.54 Å². The van der Waals surface area contributed by atoms with Crippen LogP contribution in [-0.2, 0) is 11.2 Å². The highest BCUT2D eigenvalue weighted by atomic mass is 16.1. The molecule has 1 aromatic heterocycles. The summed E-state index contributed by atoms with van der Waals surface area (Å²) in [4.78, 5) is 14.7. The largest absolute Gasteiger partial charge is 0.356 e. The molecule has 2 N–H and O–H groups in total. The quantitative estimate of drug-likeness (QED) is 0.658. The summed E-state index contributed by atoms with van der Waals surface area (Å²) in [5, 5.41) is 9.15. The Kier molecular flexibility index (Phi) is 3.25. The highest BCUT2D eigenvalue weighted by Gasteiger charge is 1.97. The normalized spacial score (nSPS) is 9.75. The molecule has 0 aliphatic heterocycles.